The largest absolute Gasteiger partial charge is 0.494 e. The number of hydrogen-bond acceptors (Lipinski definition) is 6. The molecule has 33 heavy (non-hydrogen) atoms. The molecular formula is C26H36N6O. The molecule has 1 aliphatic rings. The number of ether oxygens (including phenoxy) is 1. The van der Waals surface area contributed by atoms with E-state index in [2.05, 4.69) is 90.3 Å². The van der Waals surface area contributed by atoms with Crippen molar-refractivity contribution in [2.45, 2.75) is 53.1 Å². The number of aryl methyl sites for hydroxylation is 1. The quantitative estimate of drug-likeness (QED) is 0.559. The second kappa shape index (κ2) is 9.51. The van der Waals surface area contributed by atoms with Crippen LogP contribution < -0.4 is 9.64 Å². The van der Waals surface area contributed by atoms with Gasteiger partial charge in [0.05, 0.1) is 18.2 Å². The van der Waals surface area contributed by atoms with Crippen molar-refractivity contribution in [3.05, 3.63) is 65.0 Å². The number of piperazine rings is 1. The van der Waals surface area contributed by atoms with Crippen LogP contribution in [0.3, 0.4) is 0 Å². The number of rotatable bonds is 6. The first-order valence-corrected chi connectivity index (χ1v) is 11.9. The van der Waals surface area contributed by atoms with Crippen molar-refractivity contribution in [2.24, 2.45) is 0 Å². The molecule has 1 aromatic heterocycles. The Bertz CT molecular complexity index is 1060. The van der Waals surface area contributed by atoms with Gasteiger partial charge in [-0.05, 0) is 86.9 Å². The molecule has 0 unspecified atom stereocenters. The first-order chi connectivity index (χ1) is 15.8. The zero-order valence-electron chi connectivity index (χ0n) is 20.7. The fraction of sp³-hybridized carbons (Fsp3) is 0.500. The first-order valence-electron chi connectivity index (χ1n) is 11.9. The number of hydrogen-bond donors (Lipinski definition) is 0. The van der Waals surface area contributed by atoms with Crippen LogP contribution in [0.15, 0.2) is 42.5 Å². The highest BCUT2D eigenvalue weighted by atomic mass is 16.5. The molecule has 0 bridgehead atoms. The van der Waals surface area contributed by atoms with Crippen LogP contribution in [-0.4, -0.2) is 57.9 Å². The molecule has 1 saturated heterocycles. The summed E-state index contributed by atoms with van der Waals surface area (Å²) in [6.07, 6.45) is 0. The Morgan fingerprint density at radius 2 is 1.67 bits per heavy atom. The van der Waals surface area contributed by atoms with E-state index in [1.165, 1.54) is 22.4 Å². The van der Waals surface area contributed by atoms with E-state index in [9.17, 15) is 0 Å². The Hall–Kier alpha value is -2.93. The minimum Gasteiger partial charge on any atom is -0.494 e. The van der Waals surface area contributed by atoms with Gasteiger partial charge >= 0.3 is 0 Å². The molecule has 3 aromatic rings. The Labute approximate surface area is 197 Å². The molecule has 0 spiro atoms. The number of tetrazole rings is 1. The van der Waals surface area contributed by atoms with Crippen molar-refractivity contribution in [3.8, 4) is 5.75 Å². The maximum atomic E-state index is 5.67. The summed E-state index contributed by atoms with van der Waals surface area (Å²) in [7, 11) is 0. The normalized spacial score (nSPS) is 16.1. The van der Waals surface area contributed by atoms with Gasteiger partial charge in [-0.2, -0.15) is 0 Å². The van der Waals surface area contributed by atoms with Gasteiger partial charge in [0.15, 0.2) is 5.82 Å². The lowest BCUT2D eigenvalue weighted by atomic mass is 10.0. The summed E-state index contributed by atoms with van der Waals surface area (Å²) < 4.78 is 7.64. The Kier molecular flexibility index (Phi) is 6.70. The average Bonchev–Trinajstić information content (AvgIpc) is 3.28. The Morgan fingerprint density at radius 3 is 2.30 bits per heavy atom. The topological polar surface area (TPSA) is 59.3 Å². The van der Waals surface area contributed by atoms with Gasteiger partial charge < -0.3 is 9.64 Å². The summed E-state index contributed by atoms with van der Waals surface area (Å²) in [4.78, 5) is 5.01. The monoisotopic (exact) mass is 448 g/mol. The van der Waals surface area contributed by atoms with Crippen molar-refractivity contribution in [1.29, 1.82) is 0 Å². The van der Waals surface area contributed by atoms with Gasteiger partial charge in [0.25, 0.3) is 0 Å². The molecule has 4 rings (SSSR count). The second-order valence-corrected chi connectivity index (χ2v) is 9.77. The van der Waals surface area contributed by atoms with Crippen LogP contribution in [0.4, 0.5) is 5.69 Å². The van der Waals surface area contributed by atoms with Crippen molar-refractivity contribution < 1.29 is 4.74 Å². The predicted octanol–water partition coefficient (Wildman–Crippen LogP) is 4.36. The third kappa shape index (κ3) is 4.88. The lowest BCUT2D eigenvalue weighted by molar-refractivity contribution is 0.191. The number of nitrogens with zero attached hydrogens (tertiary/aromatic N) is 6. The SMILES string of the molecule is CCOc1ccc([C@H](c2nnnn2C(C)(C)C)N2CCN(c3cccc(C)c3C)CC2)cc1. The number of aromatic nitrogens is 4. The molecule has 0 aliphatic carbocycles. The summed E-state index contributed by atoms with van der Waals surface area (Å²) in [6.45, 7) is 17.3. The standard InChI is InChI=1S/C26H36N6O/c1-7-33-22-13-11-21(12-14-22)24(25-27-28-29-32(25)26(4,5)6)31-17-15-30(16-18-31)23-10-8-9-19(2)20(23)3/h8-14,24H,7,15-18H2,1-6H3/t24-/m1/s1. The molecule has 0 radical (unpaired) electrons. The van der Waals surface area contributed by atoms with E-state index in [-0.39, 0.29) is 11.6 Å². The molecule has 1 atom stereocenters. The molecule has 0 saturated carbocycles. The van der Waals surface area contributed by atoms with Gasteiger partial charge in [-0.1, -0.05) is 24.3 Å². The molecule has 2 aromatic carbocycles. The smallest absolute Gasteiger partial charge is 0.173 e. The highest BCUT2D eigenvalue weighted by Crippen LogP contribution is 2.33. The van der Waals surface area contributed by atoms with Gasteiger partial charge in [-0.25, -0.2) is 4.68 Å². The third-order valence-corrected chi connectivity index (χ3v) is 6.48. The molecule has 2 heterocycles. The fourth-order valence-corrected chi connectivity index (χ4v) is 4.58. The van der Waals surface area contributed by atoms with Gasteiger partial charge in [0.2, 0.25) is 0 Å². The molecule has 7 heteroatoms. The van der Waals surface area contributed by atoms with Crippen LogP contribution in [0.5, 0.6) is 5.75 Å². The van der Waals surface area contributed by atoms with E-state index in [0.717, 1.165) is 37.8 Å². The van der Waals surface area contributed by atoms with Gasteiger partial charge in [0.1, 0.15) is 5.75 Å². The van der Waals surface area contributed by atoms with Crippen molar-refractivity contribution in [3.63, 3.8) is 0 Å². The summed E-state index contributed by atoms with van der Waals surface area (Å²) >= 11 is 0. The van der Waals surface area contributed by atoms with Crippen LogP contribution in [0.25, 0.3) is 0 Å². The molecule has 1 aliphatic heterocycles. The fourth-order valence-electron chi connectivity index (χ4n) is 4.58. The van der Waals surface area contributed by atoms with E-state index in [4.69, 9.17) is 4.74 Å². The van der Waals surface area contributed by atoms with E-state index < -0.39 is 0 Å². The molecular weight excluding hydrogens is 412 g/mol. The highest BCUT2D eigenvalue weighted by Gasteiger charge is 2.33. The summed E-state index contributed by atoms with van der Waals surface area (Å²) in [6, 6.07) is 14.9. The van der Waals surface area contributed by atoms with Crippen LogP contribution >= 0.6 is 0 Å². The lowest BCUT2D eigenvalue weighted by Crippen LogP contribution is -2.49. The minimum absolute atomic E-state index is 0.0179. The third-order valence-electron chi connectivity index (χ3n) is 6.48. The first kappa shape index (κ1) is 23.2. The zero-order valence-corrected chi connectivity index (χ0v) is 20.7. The number of anilines is 1. The molecule has 7 nitrogen and oxygen atoms in total. The van der Waals surface area contributed by atoms with E-state index in [0.29, 0.717) is 6.61 Å². The Morgan fingerprint density at radius 1 is 0.970 bits per heavy atom. The van der Waals surface area contributed by atoms with Crippen molar-refractivity contribution in [2.75, 3.05) is 37.7 Å². The molecule has 1 fully saturated rings. The summed E-state index contributed by atoms with van der Waals surface area (Å²) in [5, 5.41) is 12.9. The van der Waals surface area contributed by atoms with E-state index in [1.807, 2.05) is 23.7 Å². The Balaban J connectivity index is 1.63. The second-order valence-electron chi connectivity index (χ2n) is 9.77. The average molecular weight is 449 g/mol. The molecule has 176 valence electrons. The minimum atomic E-state index is -0.206. The summed E-state index contributed by atoms with van der Waals surface area (Å²) in [5.41, 5.74) is 5.02. The molecule has 0 N–H and O–H groups in total. The van der Waals surface area contributed by atoms with E-state index in [1.54, 1.807) is 0 Å². The lowest BCUT2D eigenvalue weighted by Gasteiger charge is -2.41. The highest BCUT2D eigenvalue weighted by molar-refractivity contribution is 5.56. The predicted molar refractivity (Wildman–Crippen MR) is 132 cm³/mol. The van der Waals surface area contributed by atoms with Crippen LogP contribution in [0, 0.1) is 13.8 Å². The van der Waals surface area contributed by atoms with Crippen LogP contribution in [0.1, 0.15) is 56.3 Å². The zero-order chi connectivity index (χ0) is 23.6. The van der Waals surface area contributed by atoms with Crippen LogP contribution in [0.2, 0.25) is 0 Å². The van der Waals surface area contributed by atoms with Crippen molar-refractivity contribution >= 4 is 5.69 Å². The number of benzene rings is 2. The summed E-state index contributed by atoms with van der Waals surface area (Å²) in [5.74, 6) is 1.77. The van der Waals surface area contributed by atoms with Crippen molar-refractivity contribution in [1.82, 2.24) is 25.1 Å². The van der Waals surface area contributed by atoms with Gasteiger partial charge in [-0.15, -0.1) is 5.10 Å². The van der Waals surface area contributed by atoms with Gasteiger partial charge in [-0.3, -0.25) is 4.90 Å². The van der Waals surface area contributed by atoms with Crippen LogP contribution in [-0.2, 0) is 5.54 Å². The molecule has 0 amide bonds. The van der Waals surface area contributed by atoms with E-state index >= 15 is 0 Å². The van der Waals surface area contributed by atoms with Gasteiger partial charge in [0, 0.05) is 31.9 Å². The maximum absolute atomic E-state index is 5.67. The maximum Gasteiger partial charge on any atom is 0.173 e.